The number of sulfone groups is 1. The summed E-state index contributed by atoms with van der Waals surface area (Å²) in [6.07, 6.45) is -5.11. The van der Waals surface area contributed by atoms with E-state index < -0.39 is 97.1 Å². The van der Waals surface area contributed by atoms with Crippen LogP contribution in [0.4, 0.5) is 0 Å². The van der Waals surface area contributed by atoms with Crippen LogP contribution in [0.25, 0.3) is 0 Å². The van der Waals surface area contributed by atoms with Crippen LogP contribution in [0.3, 0.4) is 0 Å². The molecule has 43 heavy (non-hydrogen) atoms. The maximum absolute atomic E-state index is 14.1. The molecule has 0 aliphatic carbocycles. The van der Waals surface area contributed by atoms with Gasteiger partial charge in [-0.1, -0.05) is 64.6 Å². The lowest BCUT2D eigenvalue weighted by Crippen LogP contribution is -2.68. The zero-order valence-electron chi connectivity index (χ0n) is 22.3. The van der Waals surface area contributed by atoms with E-state index in [0.717, 1.165) is 20.8 Å². The number of halogens is 4. The Labute approximate surface area is 264 Å². The first-order valence-electron chi connectivity index (χ1n) is 12.3. The van der Waals surface area contributed by atoms with Gasteiger partial charge in [0.1, 0.15) is 18.8 Å². The van der Waals surface area contributed by atoms with Gasteiger partial charge in [-0.2, -0.15) is 0 Å². The summed E-state index contributed by atoms with van der Waals surface area (Å²) >= 11 is 24.8. The molecule has 12 nitrogen and oxygen atoms in total. The second-order valence-corrected chi connectivity index (χ2v) is 12.9. The number of imide groups is 1. The van der Waals surface area contributed by atoms with Gasteiger partial charge in [0.15, 0.2) is 17.6 Å². The number of esters is 3. The molecule has 0 spiro atoms. The average molecular weight is 697 g/mol. The van der Waals surface area contributed by atoms with Crippen molar-refractivity contribution in [2.24, 2.45) is 0 Å². The van der Waals surface area contributed by atoms with Crippen molar-refractivity contribution in [2.75, 3.05) is 6.61 Å². The predicted molar refractivity (Wildman–Crippen MR) is 151 cm³/mol. The molecule has 2 amide bonds. The number of benzene rings is 2. The van der Waals surface area contributed by atoms with Gasteiger partial charge >= 0.3 is 17.9 Å². The van der Waals surface area contributed by atoms with Crippen LogP contribution in [0, 0.1) is 0 Å². The van der Waals surface area contributed by atoms with Gasteiger partial charge in [-0.05, 0) is 12.1 Å². The number of amides is 2. The maximum atomic E-state index is 14.1. The van der Waals surface area contributed by atoms with Crippen LogP contribution in [-0.4, -0.2) is 79.4 Å². The highest BCUT2D eigenvalue weighted by atomic mass is 35.5. The highest BCUT2D eigenvalue weighted by Gasteiger charge is 2.61. The molecule has 2 aliphatic heterocycles. The van der Waals surface area contributed by atoms with Gasteiger partial charge in [0, 0.05) is 20.8 Å². The van der Waals surface area contributed by atoms with Crippen LogP contribution in [0.15, 0.2) is 35.2 Å². The number of hydrogen-bond acceptors (Lipinski definition) is 11. The summed E-state index contributed by atoms with van der Waals surface area (Å²) in [7, 11) is -4.67. The zero-order valence-corrected chi connectivity index (χ0v) is 26.2. The van der Waals surface area contributed by atoms with E-state index in [1.165, 1.54) is 24.3 Å². The van der Waals surface area contributed by atoms with Crippen molar-refractivity contribution in [3.63, 3.8) is 0 Å². The smallest absolute Gasteiger partial charge is 0.303 e. The van der Waals surface area contributed by atoms with E-state index in [1.807, 2.05) is 0 Å². The first kappa shape index (κ1) is 33.0. The van der Waals surface area contributed by atoms with Crippen molar-refractivity contribution < 1.29 is 51.3 Å². The fourth-order valence-electron chi connectivity index (χ4n) is 4.79. The number of carbonyl (C=O) groups is 5. The monoisotopic (exact) mass is 695 g/mol. The average Bonchev–Trinajstić information content (AvgIpc) is 3.20. The van der Waals surface area contributed by atoms with Crippen LogP contribution >= 0.6 is 46.4 Å². The largest absolute Gasteiger partial charge is 0.463 e. The molecule has 2 aromatic rings. The summed E-state index contributed by atoms with van der Waals surface area (Å²) in [6, 6.07) is 4.82. The fourth-order valence-corrected chi connectivity index (χ4v) is 7.55. The molecule has 0 N–H and O–H groups in total. The zero-order chi connectivity index (χ0) is 32.0. The van der Waals surface area contributed by atoms with Gasteiger partial charge in [-0.25, -0.2) is 8.42 Å². The Hall–Kier alpha value is -2.94. The van der Waals surface area contributed by atoms with E-state index in [1.54, 1.807) is 6.07 Å². The number of fused-ring (bicyclic) bond motifs is 1. The van der Waals surface area contributed by atoms with Gasteiger partial charge in [-0.15, -0.1) is 0 Å². The molecular weight excluding hydrogens is 676 g/mol. The molecular formula is C26H21Cl4NO11S. The standard InChI is InChI=1S/C26H21Cl4NO11S/c1-10(32)39-9-14-22(40-11(2)33)23(41-12(3)34)21(26(42-14)43(37,38)13-7-5-4-6-8-13)31-24(35)15-16(25(31)36)18(28)20(30)19(29)17(15)27/h4-8,14,21-23,26H,9H2,1-3H3/t14-,21-,22-,23-,26+/m1/s1. The lowest BCUT2D eigenvalue weighted by molar-refractivity contribution is -0.217. The van der Waals surface area contributed by atoms with Crippen molar-refractivity contribution in [3.05, 3.63) is 61.5 Å². The molecule has 0 unspecified atom stereocenters. The minimum atomic E-state index is -4.67. The molecule has 17 heteroatoms. The molecule has 2 heterocycles. The highest BCUT2D eigenvalue weighted by Crippen LogP contribution is 2.47. The lowest BCUT2D eigenvalue weighted by Gasteiger charge is -2.46. The quantitative estimate of drug-likeness (QED) is 0.136. The summed E-state index contributed by atoms with van der Waals surface area (Å²) in [6.45, 7) is 2.37. The highest BCUT2D eigenvalue weighted by molar-refractivity contribution is 7.92. The van der Waals surface area contributed by atoms with Crippen molar-refractivity contribution in [1.29, 1.82) is 0 Å². The van der Waals surface area contributed by atoms with Crippen molar-refractivity contribution in [3.8, 4) is 0 Å². The molecule has 0 saturated carbocycles. The number of ether oxygens (including phenoxy) is 4. The Balaban J connectivity index is 1.99. The maximum Gasteiger partial charge on any atom is 0.303 e. The summed E-state index contributed by atoms with van der Waals surface area (Å²) in [4.78, 5) is 64.1. The third-order valence-electron chi connectivity index (χ3n) is 6.48. The summed E-state index contributed by atoms with van der Waals surface area (Å²) in [5.74, 6) is -5.09. The van der Waals surface area contributed by atoms with Gasteiger partial charge in [-0.3, -0.25) is 28.9 Å². The van der Waals surface area contributed by atoms with Crippen molar-refractivity contribution in [2.45, 2.75) is 55.5 Å². The van der Waals surface area contributed by atoms with Gasteiger partial charge < -0.3 is 18.9 Å². The Morgan fingerprint density at radius 3 is 1.74 bits per heavy atom. The number of rotatable bonds is 7. The molecule has 0 bridgehead atoms. The molecule has 1 saturated heterocycles. The fraction of sp³-hybridized carbons (Fsp3) is 0.346. The third-order valence-corrected chi connectivity index (χ3v) is 10.2. The molecule has 0 aromatic heterocycles. The van der Waals surface area contributed by atoms with E-state index in [4.69, 9.17) is 65.4 Å². The van der Waals surface area contributed by atoms with E-state index >= 15 is 0 Å². The topological polar surface area (TPSA) is 160 Å². The number of hydrogen-bond donors (Lipinski definition) is 0. The van der Waals surface area contributed by atoms with E-state index in [9.17, 15) is 32.4 Å². The third kappa shape index (κ3) is 6.06. The summed E-state index contributed by atoms with van der Waals surface area (Å²) in [5.41, 5.74) is -3.15. The van der Waals surface area contributed by atoms with E-state index in [2.05, 4.69) is 0 Å². The predicted octanol–water partition coefficient (Wildman–Crippen LogP) is 3.89. The van der Waals surface area contributed by atoms with Gasteiger partial charge in [0.25, 0.3) is 11.8 Å². The molecule has 4 rings (SSSR count). The van der Waals surface area contributed by atoms with E-state index in [-0.39, 0.29) is 14.9 Å². The normalized spacial score (nSPS) is 23.5. The van der Waals surface area contributed by atoms with Crippen molar-refractivity contribution in [1.82, 2.24) is 4.90 Å². The second kappa shape index (κ2) is 12.6. The molecule has 5 atom stereocenters. The molecule has 2 aliphatic rings. The second-order valence-electron chi connectivity index (χ2n) is 9.33. The van der Waals surface area contributed by atoms with Crippen LogP contribution in [-0.2, 0) is 43.2 Å². The van der Waals surface area contributed by atoms with Crippen LogP contribution in [0.2, 0.25) is 20.1 Å². The Morgan fingerprint density at radius 2 is 1.28 bits per heavy atom. The molecule has 2 aromatic carbocycles. The Morgan fingerprint density at radius 1 is 0.791 bits per heavy atom. The minimum absolute atomic E-state index is 0.303. The van der Waals surface area contributed by atoms with Crippen molar-refractivity contribution >= 4 is 86.0 Å². The Kier molecular flexibility index (Phi) is 9.64. The number of carbonyl (C=O) groups excluding carboxylic acids is 5. The van der Waals surface area contributed by atoms with E-state index in [0.29, 0.717) is 4.90 Å². The first-order valence-corrected chi connectivity index (χ1v) is 15.3. The first-order chi connectivity index (χ1) is 20.1. The number of nitrogens with zero attached hydrogens (tertiary/aromatic N) is 1. The lowest BCUT2D eigenvalue weighted by atomic mass is 9.96. The van der Waals surface area contributed by atoms with Gasteiger partial charge in [0.2, 0.25) is 9.84 Å². The SMILES string of the molecule is CC(=O)OC[C@H]1O[C@@H](S(=O)(=O)c2ccccc2)[C@H](N2C(=O)c3c(Cl)c(Cl)c(Cl)c(Cl)c3C2=O)[C@@H](OC(C)=O)[C@@H]1OC(C)=O. The van der Waals surface area contributed by atoms with Crippen LogP contribution < -0.4 is 0 Å². The summed E-state index contributed by atoms with van der Waals surface area (Å²) in [5, 5.41) is -1.59. The molecule has 1 fully saturated rings. The minimum Gasteiger partial charge on any atom is -0.463 e. The van der Waals surface area contributed by atoms with Crippen LogP contribution in [0.5, 0.6) is 0 Å². The molecule has 0 radical (unpaired) electrons. The van der Waals surface area contributed by atoms with Gasteiger partial charge in [0.05, 0.1) is 36.1 Å². The van der Waals surface area contributed by atoms with Crippen LogP contribution in [0.1, 0.15) is 41.5 Å². The Bertz CT molecular complexity index is 1590. The summed E-state index contributed by atoms with van der Waals surface area (Å²) < 4.78 is 50.0. The molecule has 230 valence electrons.